The van der Waals surface area contributed by atoms with E-state index >= 15 is 0 Å². The topological polar surface area (TPSA) is 62.4 Å². The van der Waals surface area contributed by atoms with Crippen molar-refractivity contribution in [2.75, 3.05) is 18.8 Å². The Hall–Kier alpha value is -1.13. The molecule has 1 saturated heterocycles. The van der Waals surface area contributed by atoms with E-state index in [1.54, 1.807) is 12.1 Å². The van der Waals surface area contributed by atoms with Crippen LogP contribution in [-0.2, 0) is 0 Å². The third-order valence-electron chi connectivity index (χ3n) is 2.03. The second-order valence-electron chi connectivity index (χ2n) is 3.11. The van der Waals surface area contributed by atoms with Gasteiger partial charge in [-0.25, -0.2) is 4.99 Å². The van der Waals surface area contributed by atoms with Crippen LogP contribution in [0.25, 0.3) is 0 Å². The number of nitrogens with zero attached hydrogens (tertiary/aromatic N) is 1. The molecule has 0 aromatic heterocycles. The first kappa shape index (κ1) is 10.4. The minimum Gasteiger partial charge on any atom is -0.397 e. The minimum atomic E-state index is 0.380. The highest BCUT2D eigenvalue weighted by molar-refractivity contribution is 6.40. The van der Waals surface area contributed by atoms with Crippen LogP contribution in [-0.4, -0.2) is 19.0 Å². The van der Waals surface area contributed by atoms with Crippen LogP contribution in [0.15, 0.2) is 17.1 Å². The number of guanidine groups is 1. The molecule has 0 spiro atoms. The molecule has 1 aliphatic rings. The molecule has 4 nitrogen and oxygen atoms in total. The summed E-state index contributed by atoms with van der Waals surface area (Å²) >= 11 is 12.0. The Morgan fingerprint density at radius 1 is 1.20 bits per heavy atom. The highest BCUT2D eigenvalue weighted by Crippen LogP contribution is 2.37. The van der Waals surface area contributed by atoms with Crippen LogP contribution in [0.3, 0.4) is 0 Å². The molecule has 1 aromatic rings. The fraction of sp³-hybridized carbons (Fsp3) is 0.222. The van der Waals surface area contributed by atoms with Gasteiger partial charge in [-0.1, -0.05) is 23.2 Å². The van der Waals surface area contributed by atoms with Gasteiger partial charge in [-0.05, 0) is 12.1 Å². The van der Waals surface area contributed by atoms with Crippen LogP contribution in [0.4, 0.5) is 11.4 Å². The van der Waals surface area contributed by atoms with Crippen LogP contribution < -0.4 is 16.4 Å². The van der Waals surface area contributed by atoms with Gasteiger partial charge in [0, 0.05) is 13.1 Å². The maximum Gasteiger partial charge on any atom is 0.196 e. The Morgan fingerprint density at radius 2 is 1.87 bits per heavy atom. The Morgan fingerprint density at radius 3 is 2.53 bits per heavy atom. The van der Waals surface area contributed by atoms with Crippen molar-refractivity contribution in [3.63, 3.8) is 0 Å². The number of rotatable bonds is 1. The van der Waals surface area contributed by atoms with Gasteiger partial charge >= 0.3 is 0 Å². The van der Waals surface area contributed by atoms with Crippen molar-refractivity contribution in [3.8, 4) is 0 Å². The molecule has 0 atom stereocenters. The molecule has 2 rings (SSSR count). The molecule has 6 heteroatoms. The van der Waals surface area contributed by atoms with E-state index in [1.807, 2.05) is 0 Å². The fourth-order valence-corrected chi connectivity index (χ4v) is 1.73. The molecule has 1 aromatic carbocycles. The van der Waals surface area contributed by atoms with Gasteiger partial charge in [0.15, 0.2) is 5.96 Å². The zero-order valence-electron chi connectivity index (χ0n) is 7.85. The standard InChI is InChI=1S/C9H10Cl2N4/c10-5-1-2-6(12)7(11)8(5)15-9-13-3-4-14-9/h1-2H,3-4,12H2,(H2,13,14,15). The molecule has 80 valence electrons. The lowest BCUT2D eigenvalue weighted by Gasteiger charge is -2.05. The van der Waals surface area contributed by atoms with Crippen molar-refractivity contribution in [2.24, 2.45) is 4.99 Å². The Kier molecular flexibility index (Phi) is 2.88. The second kappa shape index (κ2) is 4.16. The number of aliphatic imine (C=N–C) groups is 1. The molecule has 0 aliphatic carbocycles. The van der Waals surface area contributed by atoms with E-state index in [2.05, 4.69) is 15.6 Å². The number of halogens is 2. The van der Waals surface area contributed by atoms with Gasteiger partial charge in [-0.3, -0.25) is 0 Å². The monoisotopic (exact) mass is 244 g/mol. The van der Waals surface area contributed by atoms with Gasteiger partial charge in [-0.15, -0.1) is 0 Å². The van der Waals surface area contributed by atoms with E-state index in [0.29, 0.717) is 27.4 Å². The molecule has 1 heterocycles. The summed E-state index contributed by atoms with van der Waals surface area (Å²) in [5.74, 6) is 0.671. The van der Waals surface area contributed by atoms with Gasteiger partial charge in [0.05, 0.1) is 15.7 Å². The number of hydrogen-bond donors (Lipinski definition) is 3. The highest BCUT2D eigenvalue weighted by atomic mass is 35.5. The molecule has 0 unspecified atom stereocenters. The Balaban J connectivity index is 2.42. The lowest BCUT2D eigenvalue weighted by molar-refractivity contribution is 0.942. The van der Waals surface area contributed by atoms with Crippen LogP contribution in [0.2, 0.25) is 10.0 Å². The van der Waals surface area contributed by atoms with Gasteiger partial charge < -0.3 is 16.4 Å². The summed E-state index contributed by atoms with van der Waals surface area (Å²) < 4.78 is 0. The summed E-state index contributed by atoms with van der Waals surface area (Å²) in [6, 6.07) is 3.33. The number of benzene rings is 1. The van der Waals surface area contributed by atoms with Crippen LogP contribution in [0, 0.1) is 0 Å². The average Bonchev–Trinajstić information content (AvgIpc) is 2.71. The first-order chi connectivity index (χ1) is 7.18. The quantitative estimate of drug-likeness (QED) is 0.660. The van der Waals surface area contributed by atoms with Gasteiger partial charge in [0.1, 0.15) is 5.69 Å². The van der Waals surface area contributed by atoms with E-state index in [0.717, 1.165) is 13.1 Å². The van der Waals surface area contributed by atoms with Crippen molar-refractivity contribution in [1.29, 1.82) is 0 Å². The molecule has 0 radical (unpaired) electrons. The molecule has 1 fully saturated rings. The van der Waals surface area contributed by atoms with Gasteiger partial charge in [-0.2, -0.15) is 0 Å². The SMILES string of the molecule is Nc1ccc(Cl)c(N=C2NCCN2)c1Cl. The summed E-state index contributed by atoms with van der Waals surface area (Å²) in [7, 11) is 0. The van der Waals surface area contributed by atoms with E-state index in [4.69, 9.17) is 28.9 Å². The molecular weight excluding hydrogens is 235 g/mol. The second-order valence-corrected chi connectivity index (χ2v) is 3.90. The molecule has 0 amide bonds. The van der Waals surface area contributed by atoms with Crippen LogP contribution >= 0.6 is 23.2 Å². The molecule has 15 heavy (non-hydrogen) atoms. The molecular formula is C9H10Cl2N4. The van der Waals surface area contributed by atoms with Crippen molar-refractivity contribution in [2.45, 2.75) is 0 Å². The summed E-state index contributed by atoms with van der Waals surface area (Å²) in [5, 5.41) is 6.98. The molecule has 0 bridgehead atoms. The van der Waals surface area contributed by atoms with Gasteiger partial charge in [0.25, 0.3) is 0 Å². The average molecular weight is 245 g/mol. The van der Waals surface area contributed by atoms with E-state index in [1.165, 1.54) is 0 Å². The lowest BCUT2D eigenvalue weighted by atomic mass is 10.3. The van der Waals surface area contributed by atoms with Crippen LogP contribution in [0.5, 0.6) is 0 Å². The lowest BCUT2D eigenvalue weighted by Crippen LogP contribution is -2.23. The van der Waals surface area contributed by atoms with Crippen molar-refractivity contribution in [3.05, 3.63) is 22.2 Å². The Labute approximate surface area is 97.5 Å². The fourth-order valence-electron chi connectivity index (χ4n) is 1.27. The minimum absolute atomic E-state index is 0.380. The number of nitrogens with one attached hydrogen (secondary N) is 2. The maximum absolute atomic E-state index is 6.00. The largest absolute Gasteiger partial charge is 0.397 e. The van der Waals surface area contributed by atoms with Crippen molar-refractivity contribution < 1.29 is 0 Å². The van der Waals surface area contributed by atoms with E-state index in [9.17, 15) is 0 Å². The number of nitrogens with two attached hydrogens (primary N) is 1. The van der Waals surface area contributed by atoms with Gasteiger partial charge in [0.2, 0.25) is 0 Å². The predicted molar refractivity (Wildman–Crippen MR) is 64.0 cm³/mol. The summed E-state index contributed by atoms with van der Waals surface area (Å²) in [6.45, 7) is 1.69. The van der Waals surface area contributed by atoms with Crippen molar-refractivity contribution >= 4 is 40.5 Å². The first-order valence-electron chi connectivity index (χ1n) is 4.48. The predicted octanol–water partition coefficient (Wildman–Crippen LogP) is 1.76. The zero-order valence-corrected chi connectivity index (χ0v) is 9.36. The van der Waals surface area contributed by atoms with E-state index < -0.39 is 0 Å². The normalized spacial score (nSPS) is 14.7. The summed E-state index contributed by atoms with van der Waals surface area (Å²) in [5.41, 5.74) is 6.63. The van der Waals surface area contributed by atoms with E-state index in [-0.39, 0.29) is 0 Å². The summed E-state index contributed by atoms with van der Waals surface area (Å²) in [6.07, 6.45) is 0. The number of hydrogen-bond acceptors (Lipinski definition) is 2. The van der Waals surface area contributed by atoms with Crippen LogP contribution in [0.1, 0.15) is 0 Å². The zero-order chi connectivity index (χ0) is 10.8. The Bertz CT molecular complexity index is 409. The number of nitrogen functional groups attached to an aromatic ring is 1. The number of anilines is 1. The molecule has 4 N–H and O–H groups in total. The maximum atomic E-state index is 6.00. The summed E-state index contributed by atoms with van der Waals surface area (Å²) in [4.78, 5) is 4.27. The first-order valence-corrected chi connectivity index (χ1v) is 5.24. The molecule has 0 saturated carbocycles. The third-order valence-corrected chi connectivity index (χ3v) is 2.73. The molecule has 1 aliphatic heterocycles. The highest BCUT2D eigenvalue weighted by Gasteiger charge is 2.11. The third kappa shape index (κ3) is 2.11. The van der Waals surface area contributed by atoms with Crippen molar-refractivity contribution in [1.82, 2.24) is 10.6 Å². The smallest absolute Gasteiger partial charge is 0.196 e.